The van der Waals surface area contributed by atoms with E-state index in [0.717, 1.165) is 12.1 Å². The molecule has 1 amide bonds. The van der Waals surface area contributed by atoms with E-state index in [1.807, 2.05) is 27.7 Å². The summed E-state index contributed by atoms with van der Waals surface area (Å²) in [5.41, 5.74) is 1.06. The first kappa shape index (κ1) is 11.1. The van der Waals surface area contributed by atoms with Crippen molar-refractivity contribution in [3.63, 3.8) is 0 Å². The van der Waals surface area contributed by atoms with E-state index < -0.39 is 0 Å². The number of carbonyl (C=O) groups excluding carboxylic acids is 1. The number of amides is 1. The Labute approximate surface area is 74.4 Å². The van der Waals surface area contributed by atoms with Gasteiger partial charge in [0.2, 0.25) is 5.91 Å². The largest absolute Gasteiger partial charge is 0.273 e. The summed E-state index contributed by atoms with van der Waals surface area (Å²) in [6.45, 7) is 8.57. The molecule has 1 heterocycles. The van der Waals surface area contributed by atoms with Crippen molar-refractivity contribution in [2.75, 3.05) is 6.54 Å². The van der Waals surface area contributed by atoms with Gasteiger partial charge in [-0.2, -0.15) is 5.10 Å². The molecular formula is C9H18N2O. The molecule has 0 radical (unpaired) electrons. The number of nitrogens with zero attached hydrogens (tertiary/aromatic N) is 2. The third-order valence-corrected chi connectivity index (χ3v) is 1.58. The van der Waals surface area contributed by atoms with Gasteiger partial charge < -0.3 is 0 Å². The van der Waals surface area contributed by atoms with Crippen LogP contribution in [0.15, 0.2) is 5.10 Å². The van der Waals surface area contributed by atoms with E-state index in [-0.39, 0.29) is 5.91 Å². The molecule has 0 aromatic rings. The van der Waals surface area contributed by atoms with Gasteiger partial charge in [0.05, 0.1) is 0 Å². The number of carbonyl (C=O) groups is 1. The fourth-order valence-corrected chi connectivity index (χ4v) is 0.976. The minimum atomic E-state index is 0.146. The molecule has 0 atom stereocenters. The smallest absolute Gasteiger partial charge is 0.243 e. The Kier molecular flexibility index (Phi) is 5.34. The topological polar surface area (TPSA) is 32.7 Å². The summed E-state index contributed by atoms with van der Waals surface area (Å²) in [4.78, 5) is 11.0. The maximum absolute atomic E-state index is 11.0. The van der Waals surface area contributed by atoms with Crippen LogP contribution in [0, 0.1) is 0 Å². The van der Waals surface area contributed by atoms with E-state index in [1.54, 1.807) is 0 Å². The van der Waals surface area contributed by atoms with E-state index >= 15 is 0 Å². The van der Waals surface area contributed by atoms with E-state index in [9.17, 15) is 4.79 Å². The van der Waals surface area contributed by atoms with Gasteiger partial charge in [0.1, 0.15) is 0 Å². The van der Waals surface area contributed by atoms with Crippen LogP contribution in [0.5, 0.6) is 0 Å². The average Bonchev–Trinajstić information content (AvgIpc) is 2.13. The van der Waals surface area contributed by atoms with E-state index in [1.165, 1.54) is 5.01 Å². The standard InChI is InChI=1S/C7H12N2O.C2H6/c1-3-9-7(10)5-4-6(2)8-9;1-2/h3-5H2,1-2H3;1-2H3. The summed E-state index contributed by atoms with van der Waals surface area (Å²) >= 11 is 0. The zero-order chi connectivity index (χ0) is 9.56. The molecule has 1 rings (SSSR count). The van der Waals surface area contributed by atoms with Crippen LogP contribution in [0.2, 0.25) is 0 Å². The summed E-state index contributed by atoms with van der Waals surface area (Å²) < 4.78 is 0. The zero-order valence-corrected chi connectivity index (χ0v) is 8.42. The Morgan fingerprint density at radius 3 is 2.42 bits per heavy atom. The SMILES string of the molecule is CC.CCN1N=C(C)CCC1=O. The lowest BCUT2D eigenvalue weighted by Gasteiger charge is -2.20. The van der Waals surface area contributed by atoms with E-state index in [4.69, 9.17) is 0 Å². The van der Waals surface area contributed by atoms with Crippen molar-refractivity contribution in [2.45, 2.75) is 40.5 Å². The predicted octanol–water partition coefficient (Wildman–Crippen LogP) is 2.03. The molecule has 70 valence electrons. The van der Waals surface area contributed by atoms with Crippen molar-refractivity contribution < 1.29 is 4.79 Å². The third-order valence-electron chi connectivity index (χ3n) is 1.58. The van der Waals surface area contributed by atoms with Crippen LogP contribution in [0.3, 0.4) is 0 Å². The summed E-state index contributed by atoms with van der Waals surface area (Å²) in [5.74, 6) is 0.146. The van der Waals surface area contributed by atoms with Crippen LogP contribution in [0.25, 0.3) is 0 Å². The summed E-state index contributed by atoms with van der Waals surface area (Å²) in [7, 11) is 0. The van der Waals surface area contributed by atoms with E-state index in [0.29, 0.717) is 13.0 Å². The summed E-state index contributed by atoms with van der Waals surface area (Å²) in [6.07, 6.45) is 1.46. The Balaban J connectivity index is 0.000000561. The van der Waals surface area contributed by atoms with Crippen molar-refractivity contribution in [1.82, 2.24) is 5.01 Å². The molecule has 0 N–H and O–H groups in total. The van der Waals surface area contributed by atoms with Crippen molar-refractivity contribution in [3.05, 3.63) is 0 Å². The zero-order valence-electron chi connectivity index (χ0n) is 8.42. The highest BCUT2D eigenvalue weighted by Crippen LogP contribution is 2.07. The molecule has 3 nitrogen and oxygen atoms in total. The molecule has 0 bridgehead atoms. The Morgan fingerprint density at radius 2 is 2.00 bits per heavy atom. The normalized spacial score (nSPS) is 16.5. The molecule has 0 aromatic heterocycles. The monoisotopic (exact) mass is 170 g/mol. The Hall–Kier alpha value is -0.860. The highest BCUT2D eigenvalue weighted by atomic mass is 16.2. The van der Waals surface area contributed by atoms with Gasteiger partial charge in [-0.1, -0.05) is 13.8 Å². The van der Waals surface area contributed by atoms with Crippen LogP contribution in [-0.4, -0.2) is 23.2 Å². The van der Waals surface area contributed by atoms with E-state index in [2.05, 4.69) is 5.10 Å². The van der Waals surface area contributed by atoms with Gasteiger partial charge >= 0.3 is 0 Å². The van der Waals surface area contributed by atoms with Gasteiger partial charge in [-0.15, -0.1) is 0 Å². The molecule has 0 spiro atoms. The van der Waals surface area contributed by atoms with Crippen molar-refractivity contribution in [1.29, 1.82) is 0 Å². The molecule has 0 fully saturated rings. The lowest BCUT2D eigenvalue weighted by atomic mass is 10.2. The third kappa shape index (κ3) is 3.03. The van der Waals surface area contributed by atoms with Crippen LogP contribution in [0.4, 0.5) is 0 Å². The molecule has 0 saturated heterocycles. The number of hydrogen-bond donors (Lipinski definition) is 0. The second-order valence-corrected chi connectivity index (χ2v) is 2.44. The number of rotatable bonds is 1. The van der Waals surface area contributed by atoms with Crippen LogP contribution in [0.1, 0.15) is 40.5 Å². The second-order valence-electron chi connectivity index (χ2n) is 2.44. The molecule has 0 unspecified atom stereocenters. The predicted molar refractivity (Wildman–Crippen MR) is 51.1 cm³/mol. The van der Waals surface area contributed by atoms with Gasteiger partial charge in [0.25, 0.3) is 0 Å². The molecular weight excluding hydrogens is 152 g/mol. The minimum Gasteiger partial charge on any atom is -0.273 e. The lowest BCUT2D eigenvalue weighted by Crippen LogP contribution is -2.30. The maximum atomic E-state index is 11.0. The maximum Gasteiger partial charge on any atom is 0.243 e. The second kappa shape index (κ2) is 5.75. The molecule has 1 aliphatic heterocycles. The minimum absolute atomic E-state index is 0.146. The quantitative estimate of drug-likeness (QED) is 0.592. The first-order valence-corrected chi connectivity index (χ1v) is 4.58. The Bertz CT molecular complexity index is 175. The first-order chi connectivity index (χ1) is 5.74. The lowest BCUT2D eigenvalue weighted by molar-refractivity contribution is -0.131. The van der Waals surface area contributed by atoms with Gasteiger partial charge in [-0.3, -0.25) is 4.79 Å². The van der Waals surface area contributed by atoms with Crippen molar-refractivity contribution in [3.8, 4) is 0 Å². The molecule has 0 aromatic carbocycles. The molecule has 0 aliphatic carbocycles. The molecule has 1 aliphatic rings. The van der Waals surface area contributed by atoms with Crippen LogP contribution >= 0.6 is 0 Å². The molecule has 12 heavy (non-hydrogen) atoms. The van der Waals surface area contributed by atoms with Crippen LogP contribution in [-0.2, 0) is 4.79 Å². The number of hydrogen-bond acceptors (Lipinski definition) is 2. The fraction of sp³-hybridized carbons (Fsp3) is 0.778. The summed E-state index contributed by atoms with van der Waals surface area (Å²) in [6, 6.07) is 0. The van der Waals surface area contributed by atoms with Gasteiger partial charge in [-0.25, -0.2) is 5.01 Å². The van der Waals surface area contributed by atoms with Crippen molar-refractivity contribution >= 4 is 11.6 Å². The number of hydrazone groups is 1. The highest BCUT2D eigenvalue weighted by molar-refractivity contribution is 5.90. The Morgan fingerprint density at radius 1 is 1.42 bits per heavy atom. The first-order valence-electron chi connectivity index (χ1n) is 4.58. The summed E-state index contributed by atoms with van der Waals surface area (Å²) in [5, 5.41) is 5.61. The van der Waals surface area contributed by atoms with Crippen molar-refractivity contribution in [2.24, 2.45) is 5.10 Å². The molecule has 3 heteroatoms. The molecule has 0 saturated carbocycles. The van der Waals surface area contributed by atoms with Crippen LogP contribution < -0.4 is 0 Å². The van der Waals surface area contributed by atoms with Gasteiger partial charge in [-0.05, 0) is 20.3 Å². The highest BCUT2D eigenvalue weighted by Gasteiger charge is 2.15. The van der Waals surface area contributed by atoms with Gasteiger partial charge in [0.15, 0.2) is 0 Å². The average molecular weight is 170 g/mol. The fourth-order valence-electron chi connectivity index (χ4n) is 0.976. The van der Waals surface area contributed by atoms with Gasteiger partial charge in [0, 0.05) is 18.7 Å².